The second kappa shape index (κ2) is 5.89. The van der Waals surface area contributed by atoms with Crippen molar-refractivity contribution in [2.75, 3.05) is 12.3 Å². The van der Waals surface area contributed by atoms with Gasteiger partial charge in [0.2, 0.25) is 0 Å². The lowest BCUT2D eigenvalue weighted by Gasteiger charge is -2.10. The van der Waals surface area contributed by atoms with E-state index in [1.807, 2.05) is 13.0 Å². The summed E-state index contributed by atoms with van der Waals surface area (Å²) in [6.07, 6.45) is 6.19. The molecule has 2 N–H and O–H groups in total. The number of nitrogens with two attached hydrogens (primary N) is 1. The molecular weight excluding hydrogens is 226 g/mol. The summed E-state index contributed by atoms with van der Waals surface area (Å²) in [6.45, 7) is 2.45. The number of anilines is 1. The summed E-state index contributed by atoms with van der Waals surface area (Å²) in [7, 11) is 0. The van der Waals surface area contributed by atoms with E-state index in [9.17, 15) is 4.79 Å². The topological polar surface area (TPSA) is 52.3 Å². The van der Waals surface area contributed by atoms with Crippen LogP contribution in [0.15, 0.2) is 18.2 Å². The Hall–Kier alpha value is -1.51. The van der Waals surface area contributed by atoms with E-state index in [-0.39, 0.29) is 5.97 Å². The summed E-state index contributed by atoms with van der Waals surface area (Å²) in [5.74, 6) is 0.446. The van der Waals surface area contributed by atoms with Gasteiger partial charge in [0.15, 0.2) is 0 Å². The maximum atomic E-state index is 11.9. The first-order valence-electron chi connectivity index (χ1n) is 6.70. The fourth-order valence-corrected chi connectivity index (χ4v) is 2.54. The van der Waals surface area contributed by atoms with Gasteiger partial charge in [-0.25, -0.2) is 4.79 Å². The van der Waals surface area contributed by atoms with E-state index in [1.54, 1.807) is 12.1 Å². The molecule has 0 aliphatic heterocycles. The smallest absolute Gasteiger partial charge is 0.340 e. The maximum Gasteiger partial charge on any atom is 0.340 e. The molecule has 1 aromatic carbocycles. The molecule has 3 nitrogen and oxygen atoms in total. The number of aryl methyl sites for hydroxylation is 1. The molecule has 0 radical (unpaired) electrons. The second-order valence-electron chi connectivity index (χ2n) is 5.17. The highest BCUT2D eigenvalue weighted by molar-refractivity contribution is 5.95. The molecule has 0 saturated heterocycles. The van der Waals surface area contributed by atoms with Crippen molar-refractivity contribution in [3.05, 3.63) is 29.3 Å². The third-order valence-corrected chi connectivity index (χ3v) is 3.66. The molecule has 0 aromatic heterocycles. The second-order valence-corrected chi connectivity index (χ2v) is 5.17. The molecule has 0 heterocycles. The number of benzene rings is 1. The van der Waals surface area contributed by atoms with E-state index < -0.39 is 0 Å². The van der Waals surface area contributed by atoms with Crippen LogP contribution in [0.5, 0.6) is 0 Å². The Morgan fingerprint density at radius 3 is 2.83 bits per heavy atom. The summed E-state index contributed by atoms with van der Waals surface area (Å²) >= 11 is 0. The molecule has 1 aliphatic carbocycles. The van der Waals surface area contributed by atoms with Crippen LogP contribution in [0.25, 0.3) is 0 Å². The van der Waals surface area contributed by atoms with Gasteiger partial charge in [-0.1, -0.05) is 37.3 Å². The number of esters is 1. The fraction of sp³-hybridized carbons (Fsp3) is 0.533. The van der Waals surface area contributed by atoms with Crippen molar-refractivity contribution in [3.63, 3.8) is 0 Å². The number of nitrogen functional groups attached to an aromatic ring is 1. The number of hydrogen-bond donors (Lipinski definition) is 1. The van der Waals surface area contributed by atoms with E-state index in [0.29, 0.717) is 17.9 Å². The lowest BCUT2D eigenvalue weighted by atomic mass is 10.1. The summed E-state index contributed by atoms with van der Waals surface area (Å²) in [4.78, 5) is 11.9. The van der Waals surface area contributed by atoms with Gasteiger partial charge in [-0.3, -0.25) is 0 Å². The molecular formula is C15H21NO2. The summed E-state index contributed by atoms with van der Waals surface area (Å²) in [5.41, 5.74) is 7.78. The van der Waals surface area contributed by atoms with Crippen LogP contribution in [0.3, 0.4) is 0 Å². The molecule has 1 aliphatic rings. The molecule has 1 aromatic rings. The maximum absolute atomic E-state index is 11.9. The Kier molecular flexibility index (Phi) is 4.24. The van der Waals surface area contributed by atoms with Crippen molar-refractivity contribution in [2.24, 2.45) is 5.92 Å². The van der Waals surface area contributed by atoms with Gasteiger partial charge in [0.05, 0.1) is 12.2 Å². The SMILES string of the molecule is Cc1ccc(N)c(C(=O)OCCC2CCCC2)c1. The Morgan fingerprint density at radius 1 is 1.39 bits per heavy atom. The first kappa shape index (κ1) is 12.9. The van der Waals surface area contributed by atoms with Gasteiger partial charge >= 0.3 is 5.97 Å². The standard InChI is InChI=1S/C15H21NO2/c1-11-6-7-14(16)13(10-11)15(17)18-9-8-12-4-2-3-5-12/h6-7,10,12H,2-5,8-9,16H2,1H3. The number of rotatable bonds is 4. The molecule has 18 heavy (non-hydrogen) atoms. The highest BCUT2D eigenvalue weighted by Crippen LogP contribution is 2.27. The van der Waals surface area contributed by atoms with Crippen molar-refractivity contribution in [3.8, 4) is 0 Å². The van der Waals surface area contributed by atoms with Crippen molar-refractivity contribution < 1.29 is 9.53 Å². The zero-order chi connectivity index (χ0) is 13.0. The third-order valence-electron chi connectivity index (χ3n) is 3.66. The van der Waals surface area contributed by atoms with Gasteiger partial charge in [0.1, 0.15) is 0 Å². The Morgan fingerprint density at radius 2 is 2.11 bits per heavy atom. The van der Waals surface area contributed by atoms with Crippen LogP contribution in [0.2, 0.25) is 0 Å². The van der Waals surface area contributed by atoms with Crippen LogP contribution in [0.1, 0.15) is 48.0 Å². The number of carbonyl (C=O) groups excluding carboxylic acids is 1. The van der Waals surface area contributed by atoms with Crippen molar-refractivity contribution in [1.82, 2.24) is 0 Å². The molecule has 0 unspecified atom stereocenters. The van der Waals surface area contributed by atoms with Crippen molar-refractivity contribution in [1.29, 1.82) is 0 Å². The van der Waals surface area contributed by atoms with Crippen molar-refractivity contribution in [2.45, 2.75) is 39.0 Å². The van der Waals surface area contributed by atoms with E-state index in [4.69, 9.17) is 10.5 Å². The monoisotopic (exact) mass is 247 g/mol. The highest BCUT2D eigenvalue weighted by atomic mass is 16.5. The molecule has 0 amide bonds. The van der Waals surface area contributed by atoms with Crippen LogP contribution < -0.4 is 5.73 Å². The van der Waals surface area contributed by atoms with Gasteiger partial charge in [0.25, 0.3) is 0 Å². The lowest BCUT2D eigenvalue weighted by Crippen LogP contribution is -2.11. The first-order chi connectivity index (χ1) is 8.66. The quantitative estimate of drug-likeness (QED) is 0.656. The van der Waals surface area contributed by atoms with Crippen LogP contribution in [0, 0.1) is 12.8 Å². The first-order valence-corrected chi connectivity index (χ1v) is 6.70. The lowest BCUT2D eigenvalue weighted by molar-refractivity contribution is 0.0484. The molecule has 1 saturated carbocycles. The van der Waals surface area contributed by atoms with Crippen LogP contribution in [-0.2, 0) is 4.74 Å². The van der Waals surface area contributed by atoms with Crippen LogP contribution >= 0.6 is 0 Å². The van der Waals surface area contributed by atoms with E-state index >= 15 is 0 Å². The molecule has 3 heteroatoms. The third kappa shape index (κ3) is 3.25. The summed E-state index contributed by atoms with van der Waals surface area (Å²) in [5, 5.41) is 0. The highest BCUT2D eigenvalue weighted by Gasteiger charge is 2.16. The van der Waals surface area contributed by atoms with E-state index in [0.717, 1.165) is 17.9 Å². The molecule has 0 bridgehead atoms. The zero-order valence-corrected chi connectivity index (χ0v) is 10.9. The summed E-state index contributed by atoms with van der Waals surface area (Å²) in [6, 6.07) is 5.43. The van der Waals surface area contributed by atoms with Gasteiger partial charge in [0, 0.05) is 5.69 Å². The molecule has 2 rings (SSSR count). The van der Waals surface area contributed by atoms with Crippen LogP contribution in [-0.4, -0.2) is 12.6 Å². The minimum atomic E-state index is -0.297. The summed E-state index contributed by atoms with van der Waals surface area (Å²) < 4.78 is 5.31. The van der Waals surface area contributed by atoms with Gasteiger partial charge in [-0.2, -0.15) is 0 Å². The van der Waals surface area contributed by atoms with Crippen molar-refractivity contribution >= 4 is 11.7 Å². The molecule has 98 valence electrons. The van der Waals surface area contributed by atoms with Gasteiger partial charge < -0.3 is 10.5 Å². The van der Waals surface area contributed by atoms with Gasteiger partial charge in [-0.05, 0) is 31.4 Å². The Bertz CT molecular complexity index is 423. The molecule has 0 atom stereocenters. The number of ether oxygens (including phenoxy) is 1. The number of carbonyl (C=O) groups is 1. The average Bonchev–Trinajstić information content (AvgIpc) is 2.85. The zero-order valence-electron chi connectivity index (χ0n) is 10.9. The fourth-order valence-electron chi connectivity index (χ4n) is 2.54. The predicted molar refractivity (Wildman–Crippen MR) is 72.4 cm³/mol. The van der Waals surface area contributed by atoms with E-state index in [1.165, 1.54) is 25.7 Å². The predicted octanol–water partition coefficient (Wildman–Crippen LogP) is 3.31. The largest absolute Gasteiger partial charge is 0.462 e. The molecule has 1 fully saturated rings. The minimum absolute atomic E-state index is 0.297. The van der Waals surface area contributed by atoms with Gasteiger partial charge in [-0.15, -0.1) is 0 Å². The number of hydrogen-bond acceptors (Lipinski definition) is 3. The normalized spacial score (nSPS) is 15.8. The Labute approximate surface area is 108 Å². The average molecular weight is 247 g/mol. The minimum Gasteiger partial charge on any atom is -0.462 e. The Balaban J connectivity index is 1.85. The van der Waals surface area contributed by atoms with E-state index in [2.05, 4.69) is 0 Å². The molecule has 0 spiro atoms. The van der Waals surface area contributed by atoms with Crippen LogP contribution in [0.4, 0.5) is 5.69 Å².